The largest absolute Gasteiger partial charge is 0.460 e. The van der Waals surface area contributed by atoms with Crippen molar-refractivity contribution in [1.82, 2.24) is 14.8 Å². The first kappa shape index (κ1) is 21.5. The molecule has 158 valence electrons. The summed E-state index contributed by atoms with van der Waals surface area (Å²) < 4.78 is 7.61. The van der Waals surface area contributed by atoms with Crippen molar-refractivity contribution >= 4 is 36.3 Å². The summed E-state index contributed by atoms with van der Waals surface area (Å²) >= 11 is 1.69. The Labute approximate surface area is 187 Å². The molecule has 4 rings (SSSR count). The van der Waals surface area contributed by atoms with Crippen molar-refractivity contribution in [2.75, 3.05) is 0 Å². The van der Waals surface area contributed by atoms with Gasteiger partial charge in [-0.25, -0.2) is 0 Å². The minimum atomic E-state index is -0.568. The quantitative estimate of drug-likeness (QED) is 0.468. The van der Waals surface area contributed by atoms with Crippen LogP contribution in [-0.2, 0) is 9.53 Å². The Morgan fingerprint density at radius 1 is 1.16 bits per heavy atom. The zero-order chi connectivity index (χ0) is 22.5. The zero-order valence-electron chi connectivity index (χ0n) is 18.7. The van der Waals surface area contributed by atoms with Gasteiger partial charge in [-0.2, -0.15) is 0 Å². The number of hydrogen-bond acceptors (Lipinski definition) is 6. The van der Waals surface area contributed by atoms with E-state index in [1.807, 2.05) is 56.5 Å². The van der Waals surface area contributed by atoms with Gasteiger partial charge in [0.15, 0.2) is 5.82 Å². The van der Waals surface area contributed by atoms with Crippen LogP contribution in [0.15, 0.2) is 29.3 Å². The van der Waals surface area contributed by atoms with Gasteiger partial charge in [-0.05, 0) is 47.1 Å². The van der Waals surface area contributed by atoms with E-state index >= 15 is 0 Å². The Bertz CT molecular complexity index is 1190. The van der Waals surface area contributed by atoms with Crippen LogP contribution in [0, 0.1) is 20.8 Å². The molecule has 0 aliphatic carbocycles. The fraction of sp³-hybridized carbons (Fsp3) is 0.391. The van der Waals surface area contributed by atoms with Crippen LogP contribution in [0.5, 0.6) is 0 Å². The molecule has 0 fully saturated rings. The number of carbonyl (C=O) groups excluding carboxylic acids is 1. The summed E-state index contributed by atoms with van der Waals surface area (Å²) in [6, 6.07) is 7.15. The van der Waals surface area contributed by atoms with Gasteiger partial charge in [-0.15, -0.1) is 21.5 Å². The van der Waals surface area contributed by atoms with E-state index in [-0.39, 0.29) is 12.4 Å². The van der Waals surface area contributed by atoms with Crippen LogP contribution in [0.3, 0.4) is 0 Å². The SMILES string of the molecule is [B]c1ccc(C2=N[C@H](CC(=O)OC(C)(C)C)c3nnc(C)n3-c3sc(C)c(C)c32)cc1. The number of hydrogen-bond donors (Lipinski definition) is 0. The summed E-state index contributed by atoms with van der Waals surface area (Å²) in [6.45, 7) is 11.7. The van der Waals surface area contributed by atoms with Crippen molar-refractivity contribution in [3.63, 3.8) is 0 Å². The molecule has 1 aliphatic rings. The second-order valence-electron chi connectivity index (χ2n) is 8.81. The number of benzene rings is 1. The molecule has 0 spiro atoms. The van der Waals surface area contributed by atoms with E-state index in [0.717, 1.165) is 33.2 Å². The zero-order valence-corrected chi connectivity index (χ0v) is 19.5. The van der Waals surface area contributed by atoms with E-state index in [9.17, 15) is 4.79 Å². The van der Waals surface area contributed by atoms with Crippen molar-refractivity contribution in [3.8, 4) is 5.00 Å². The highest BCUT2D eigenvalue weighted by Gasteiger charge is 2.33. The molecule has 1 atom stereocenters. The fourth-order valence-electron chi connectivity index (χ4n) is 3.71. The lowest BCUT2D eigenvalue weighted by Crippen LogP contribution is -2.25. The molecule has 6 nitrogen and oxygen atoms in total. The number of nitrogens with zero attached hydrogens (tertiary/aromatic N) is 4. The average Bonchev–Trinajstić information content (AvgIpc) is 3.14. The topological polar surface area (TPSA) is 69.4 Å². The first-order valence-electron chi connectivity index (χ1n) is 10.2. The molecule has 31 heavy (non-hydrogen) atoms. The van der Waals surface area contributed by atoms with E-state index in [0.29, 0.717) is 11.3 Å². The van der Waals surface area contributed by atoms with Crippen LogP contribution in [0.2, 0.25) is 0 Å². The minimum absolute atomic E-state index is 0.0842. The highest BCUT2D eigenvalue weighted by molar-refractivity contribution is 7.15. The van der Waals surface area contributed by atoms with Crippen LogP contribution < -0.4 is 5.46 Å². The first-order chi connectivity index (χ1) is 14.5. The normalized spacial score (nSPS) is 15.7. The Morgan fingerprint density at radius 3 is 2.48 bits per heavy atom. The summed E-state index contributed by atoms with van der Waals surface area (Å²) in [5, 5.41) is 9.74. The second kappa shape index (κ2) is 7.75. The average molecular weight is 432 g/mol. The van der Waals surface area contributed by atoms with Crippen LogP contribution in [0.1, 0.15) is 66.5 Å². The van der Waals surface area contributed by atoms with E-state index in [1.54, 1.807) is 11.3 Å². The van der Waals surface area contributed by atoms with Gasteiger partial charge in [0, 0.05) is 16.0 Å². The van der Waals surface area contributed by atoms with Crippen molar-refractivity contribution in [2.45, 2.75) is 59.6 Å². The maximum absolute atomic E-state index is 12.7. The summed E-state index contributed by atoms with van der Waals surface area (Å²) in [4.78, 5) is 19.0. The van der Waals surface area contributed by atoms with Crippen LogP contribution in [0.25, 0.3) is 5.00 Å². The third-order valence-electron chi connectivity index (χ3n) is 5.20. The number of aromatic nitrogens is 3. The van der Waals surface area contributed by atoms with Gasteiger partial charge >= 0.3 is 5.97 Å². The van der Waals surface area contributed by atoms with Gasteiger partial charge in [0.1, 0.15) is 30.3 Å². The molecule has 2 aromatic heterocycles. The lowest BCUT2D eigenvalue weighted by molar-refractivity contribution is -0.155. The lowest BCUT2D eigenvalue weighted by Gasteiger charge is -2.21. The van der Waals surface area contributed by atoms with Crippen LogP contribution in [0.4, 0.5) is 0 Å². The van der Waals surface area contributed by atoms with Gasteiger partial charge in [0.25, 0.3) is 0 Å². The number of ether oxygens (including phenoxy) is 1. The highest BCUT2D eigenvalue weighted by atomic mass is 32.1. The number of aryl methyl sites for hydroxylation is 2. The Hall–Kier alpha value is -2.74. The molecule has 0 N–H and O–H groups in total. The predicted octanol–water partition coefficient (Wildman–Crippen LogP) is 3.67. The summed E-state index contributed by atoms with van der Waals surface area (Å²) in [7, 11) is 5.92. The smallest absolute Gasteiger partial charge is 0.308 e. The number of thiophene rings is 1. The maximum atomic E-state index is 12.7. The minimum Gasteiger partial charge on any atom is -0.460 e. The fourth-order valence-corrected chi connectivity index (χ4v) is 4.92. The van der Waals surface area contributed by atoms with Crippen molar-refractivity contribution < 1.29 is 9.53 Å². The monoisotopic (exact) mass is 432 g/mol. The molecule has 3 aromatic rings. The number of esters is 1. The number of aliphatic imine (C=N–C) groups is 1. The number of carbonyl (C=O) groups is 1. The number of fused-ring (bicyclic) bond motifs is 3. The number of rotatable bonds is 3. The van der Waals surface area contributed by atoms with E-state index < -0.39 is 11.6 Å². The standard InChI is InChI=1S/C23H25BN4O2S/c1-12-13(2)31-22-19(12)20(15-7-9-16(24)10-8-15)25-17(11-18(29)30-23(4,5)6)21-27-26-14(3)28(21)22/h7-10,17H,11H2,1-6H3/t17-/m1/s1. The maximum Gasteiger partial charge on any atom is 0.308 e. The van der Waals surface area contributed by atoms with Crippen molar-refractivity contribution in [1.29, 1.82) is 0 Å². The molecule has 1 aliphatic heterocycles. The van der Waals surface area contributed by atoms with Crippen molar-refractivity contribution in [3.05, 3.63) is 57.5 Å². The third kappa shape index (κ3) is 4.09. The molecule has 0 saturated carbocycles. The summed E-state index contributed by atoms with van der Waals surface area (Å²) in [5.41, 5.74) is 4.10. The van der Waals surface area contributed by atoms with Gasteiger partial charge < -0.3 is 4.74 Å². The third-order valence-corrected chi connectivity index (χ3v) is 6.40. The van der Waals surface area contributed by atoms with Gasteiger partial charge in [0.2, 0.25) is 0 Å². The molecule has 2 radical (unpaired) electrons. The van der Waals surface area contributed by atoms with E-state index in [2.05, 4.69) is 24.0 Å². The van der Waals surface area contributed by atoms with Crippen molar-refractivity contribution in [2.24, 2.45) is 4.99 Å². The molecular formula is C23H25BN4O2S. The molecule has 8 heteroatoms. The molecule has 0 unspecified atom stereocenters. The molecule has 0 amide bonds. The summed E-state index contributed by atoms with van der Waals surface area (Å²) in [6.07, 6.45) is 0.0842. The highest BCUT2D eigenvalue weighted by Crippen LogP contribution is 2.39. The Balaban J connectivity index is 1.91. The lowest BCUT2D eigenvalue weighted by atomic mass is 9.92. The van der Waals surface area contributed by atoms with Crippen LogP contribution in [-0.4, -0.2) is 39.9 Å². The van der Waals surface area contributed by atoms with Gasteiger partial charge in [0.05, 0.1) is 12.1 Å². The van der Waals surface area contributed by atoms with Crippen LogP contribution >= 0.6 is 11.3 Å². The van der Waals surface area contributed by atoms with Gasteiger partial charge in [-0.3, -0.25) is 14.4 Å². The van der Waals surface area contributed by atoms with E-state index in [1.165, 1.54) is 4.88 Å². The Kier molecular flexibility index (Phi) is 5.37. The molecular weight excluding hydrogens is 407 g/mol. The molecule has 0 bridgehead atoms. The molecule has 1 aromatic carbocycles. The summed E-state index contributed by atoms with van der Waals surface area (Å²) in [5.74, 6) is 1.10. The molecule has 0 saturated heterocycles. The molecule has 3 heterocycles. The Morgan fingerprint density at radius 2 is 1.84 bits per heavy atom. The second-order valence-corrected chi connectivity index (χ2v) is 10.0. The van der Waals surface area contributed by atoms with E-state index in [4.69, 9.17) is 17.6 Å². The van der Waals surface area contributed by atoms with Gasteiger partial charge in [-0.1, -0.05) is 29.7 Å². The predicted molar refractivity (Wildman–Crippen MR) is 124 cm³/mol. The first-order valence-corrected chi connectivity index (χ1v) is 11.0.